The molecule has 1 aromatic heterocycles. The number of nitrogens with zero attached hydrogens (tertiary/aromatic N) is 1. The standard InChI is InChI=1S/C21H20N2O2S/c24-20(19-13-17-5-1-2-6-18(17)26-19)22-14-15-7-9-16(10-8-15)21(25)23-11-3-4-12-23/h1-2,5-10,13H,3-4,11-12,14H2,(H,22,24). The van der Waals surface area contributed by atoms with E-state index in [1.165, 1.54) is 11.3 Å². The van der Waals surface area contributed by atoms with Crippen molar-refractivity contribution in [3.63, 3.8) is 0 Å². The second-order valence-electron chi connectivity index (χ2n) is 6.53. The number of carbonyl (C=O) groups is 2. The van der Waals surface area contributed by atoms with Gasteiger partial charge in [-0.25, -0.2) is 0 Å². The Morgan fingerprint density at radius 3 is 2.46 bits per heavy atom. The Morgan fingerprint density at radius 2 is 1.73 bits per heavy atom. The summed E-state index contributed by atoms with van der Waals surface area (Å²) in [5.74, 6) is 0.0341. The highest BCUT2D eigenvalue weighted by Gasteiger charge is 2.19. The van der Waals surface area contributed by atoms with E-state index in [0.29, 0.717) is 17.0 Å². The quantitative estimate of drug-likeness (QED) is 0.759. The molecule has 4 rings (SSSR count). The Kier molecular flexibility index (Phi) is 4.71. The third-order valence-electron chi connectivity index (χ3n) is 4.70. The second-order valence-corrected chi connectivity index (χ2v) is 7.61. The summed E-state index contributed by atoms with van der Waals surface area (Å²) in [6.07, 6.45) is 2.18. The fourth-order valence-electron chi connectivity index (χ4n) is 3.23. The van der Waals surface area contributed by atoms with Crippen molar-refractivity contribution >= 4 is 33.2 Å². The Hall–Kier alpha value is -2.66. The molecule has 132 valence electrons. The van der Waals surface area contributed by atoms with Crippen LogP contribution in [0.2, 0.25) is 0 Å². The molecule has 2 amide bonds. The molecule has 0 spiro atoms. The summed E-state index contributed by atoms with van der Waals surface area (Å²) in [5, 5.41) is 4.05. The Bertz CT molecular complexity index is 907. The molecule has 1 aliphatic heterocycles. The molecule has 0 bridgehead atoms. The lowest BCUT2D eigenvalue weighted by molar-refractivity contribution is 0.0792. The number of benzene rings is 2. The minimum atomic E-state index is -0.0663. The normalized spacial score (nSPS) is 13.9. The smallest absolute Gasteiger partial charge is 0.261 e. The number of carbonyl (C=O) groups excluding carboxylic acids is 2. The molecule has 1 N–H and O–H groups in total. The highest BCUT2D eigenvalue weighted by atomic mass is 32.1. The van der Waals surface area contributed by atoms with Crippen LogP contribution in [0.5, 0.6) is 0 Å². The van der Waals surface area contributed by atoms with Gasteiger partial charge in [-0.2, -0.15) is 0 Å². The van der Waals surface area contributed by atoms with Gasteiger partial charge in [-0.15, -0.1) is 11.3 Å². The minimum absolute atomic E-state index is 0.0663. The van der Waals surface area contributed by atoms with Gasteiger partial charge in [0.1, 0.15) is 0 Å². The molecular formula is C21H20N2O2S. The largest absolute Gasteiger partial charge is 0.347 e. The molecule has 0 unspecified atom stereocenters. The number of hydrogen-bond donors (Lipinski definition) is 1. The first-order chi connectivity index (χ1) is 12.7. The predicted octanol–water partition coefficient (Wildman–Crippen LogP) is 4.07. The first-order valence-corrected chi connectivity index (χ1v) is 9.67. The molecule has 1 aliphatic rings. The number of amides is 2. The molecule has 3 aromatic rings. The lowest BCUT2D eigenvalue weighted by Crippen LogP contribution is -2.27. The van der Waals surface area contributed by atoms with E-state index in [-0.39, 0.29) is 11.8 Å². The van der Waals surface area contributed by atoms with Crippen molar-refractivity contribution in [2.75, 3.05) is 13.1 Å². The average Bonchev–Trinajstić information content (AvgIpc) is 3.35. The van der Waals surface area contributed by atoms with Crippen molar-refractivity contribution in [2.24, 2.45) is 0 Å². The zero-order chi connectivity index (χ0) is 17.9. The van der Waals surface area contributed by atoms with Crippen LogP contribution in [0.4, 0.5) is 0 Å². The van der Waals surface area contributed by atoms with E-state index in [1.54, 1.807) is 0 Å². The van der Waals surface area contributed by atoms with E-state index in [4.69, 9.17) is 0 Å². The number of nitrogens with one attached hydrogen (secondary N) is 1. The van der Waals surface area contributed by atoms with Crippen LogP contribution >= 0.6 is 11.3 Å². The lowest BCUT2D eigenvalue weighted by Gasteiger charge is -2.15. The van der Waals surface area contributed by atoms with Crippen LogP contribution in [0, 0.1) is 0 Å². The average molecular weight is 364 g/mol. The summed E-state index contributed by atoms with van der Waals surface area (Å²) in [4.78, 5) is 27.3. The van der Waals surface area contributed by atoms with Gasteiger partial charge in [0.05, 0.1) is 4.88 Å². The van der Waals surface area contributed by atoms with Crippen molar-refractivity contribution in [2.45, 2.75) is 19.4 Å². The third-order valence-corrected chi connectivity index (χ3v) is 5.81. The van der Waals surface area contributed by atoms with Crippen molar-refractivity contribution in [1.29, 1.82) is 0 Å². The number of hydrogen-bond acceptors (Lipinski definition) is 3. The highest BCUT2D eigenvalue weighted by Crippen LogP contribution is 2.25. The van der Waals surface area contributed by atoms with Crippen LogP contribution in [-0.2, 0) is 6.54 Å². The van der Waals surface area contributed by atoms with Gasteiger partial charge < -0.3 is 10.2 Å². The third kappa shape index (κ3) is 3.48. The fourth-order valence-corrected chi connectivity index (χ4v) is 4.21. The van der Waals surface area contributed by atoms with Crippen molar-refractivity contribution in [3.8, 4) is 0 Å². The molecule has 1 fully saturated rings. The molecule has 2 heterocycles. The highest BCUT2D eigenvalue weighted by molar-refractivity contribution is 7.20. The van der Waals surface area contributed by atoms with Gasteiger partial charge in [-0.1, -0.05) is 30.3 Å². The van der Waals surface area contributed by atoms with Gasteiger partial charge in [0.2, 0.25) is 0 Å². The minimum Gasteiger partial charge on any atom is -0.347 e. The van der Waals surface area contributed by atoms with E-state index in [2.05, 4.69) is 5.32 Å². The van der Waals surface area contributed by atoms with Gasteiger partial charge in [0.25, 0.3) is 11.8 Å². The summed E-state index contributed by atoms with van der Waals surface area (Å²) in [7, 11) is 0. The SMILES string of the molecule is O=C(NCc1ccc(C(=O)N2CCCC2)cc1)c1cc2ccccc2s1. The van der Waals surface area contributed by atoms with Crippen LogP contribution in [0.15, 0.2) is 54.6 Å². The van der Waals surface area contributed by atoms with Gasteiger partial charge in [-0.3, -0.25) is 9.59 Å². The first kappa shape index (κ1) is 16.8. The molecule has 2 aromatic carbocycles. The summed E-state index contributed by atoms with van der Waals surface area (Å²) in [6, 6.07) is 17.4. The summed E-state index contributed by atoms with van der Waals surface area (Å²) in [6.45, 7) is 2.16. The maximum Gasteiger partial charge on any atom is 0.261 e. The topological polar surface area (TPSA) is 49.4 Å². The zero-order valence-electron chi connectivity index (χ0n) is 14.4. The summed E-state index contributed by atoms with van der Waals surface area (Å²) >= 11 is 1.50. The maximum absolute atomic E-state index is 12.4. The van der Waals surface area contributed by atoms with Crippen LogP contribution in [-0.4, -0.2) is 29.8 Å². The van der Waals surface area contributed by atoms with E-state index in [9.17, 15) is 9.59 Å². The molecule has 1 saturated heterocycles. The molecule has 4 nitrogen and oxygen atoms in total. The Balaban J connectivity index is 1.38. The van der Waals surface area contributed by atoms with Crippen LogP contribution in [0.25, 0.3) is 10.1 Å². The van der Waals surface area contributed by atoms with Crippen LogP contribution < -0.4 is 5.32 Å². The summed E-state index contributed by atoms with van der Waals surface area (Å²) in [5.41, 5.74) is 1.70. The Labute approximate surface area is 156 Å². The van der Waals surface area contributed by atoms with Gasteiger partial charge >= 0.3 is 0 Å². The molecule has 0 radical (unpaired) electrons. The number of fused-ring (bicyclic) bond motifs is 1. The van der Waals surface area contributed by atoms with Crippen molar-refractivity contribution < 1.29 is 9.59 Å². The van der Waals surface area contributed by atoms with E-state index < -0.39 is 0 Å². The molecule has 26 heavy (non-hydrogen) atoms. The predicted molar refractivity (Wildman–Crippen MR) is 105 cm³/mol. The van der Waals surface area contributed by atoms with E-state index >= 15 is 0 Å². The molecular weight excluding hydrogens is 344 g/mol. The lowest BCUT2D eigenvalue weighted by atomic mass is 10.1. The molecule has 5 heteroatoms. The van der Waals surface area contributed by atoms with Crippen LogP contribution in [0.1, 0.15) is 38.4 Å². The molecule has 0 aliphatic carbocycles. The van der Waals surface area contributed by atoms with Crippen molar-refractivity contribution in [3.05, 3.63) is 70.6 Å². The monoisotopic (exact) mass is 364 g/mol. The second kappa shape index (κ2) is 7.30. The number of likely N-dealkylation sites (tertiary alicyclic amines) is 1. The Morgan fingerprint density at radius 1 is 1.00 bits per heavy atom. The zero-order valence-corrected chi connectivity index (χ0v) is 15.2. The first-order valence-electron chi connectivity index (χ1n) is 8.86. The van der Waals surface area contributed by atoms with Gasteiger partial charge in [0.15, 0.2) is 0 Å². The number of rotatable bonds is 4. The van der Waals surface area contributed by atoms with Gasteiger partial charge in [0, 0.05) is 29.9 Å². The maximum atomic E-state index is 12.4. The fraction of sp³-hybridized carbons (Fsp3) is 0.238. The molecule has 0 saturated carbocycles. The van der Waals surface area contributed by atoms with E-state index in [0.717, 1.165) is 41.6 Å². The molecule has 0 atom stereocenters. The van der Waals surface area contributed by atoms with Crippen LogP contribution in [0.3, 0.4) is 0 Å². The number of thiophene rings is 1. The summed E-state index contributed by atoms with van der Waals surface area (Å²) < 4.78 is 1.11. The van der Waals surface area contributed by atoms with Crippen molar-refractivity contribution in [1.82, 2.24) is 10.2 Å². The van der Waals surface area contributed by atoms with Gasteiger partial charge in [-0.05, 0) is 48.1 Å². The van der Waals surface area contributed by atoms with E-state index in [1.807, 2.05) is 59.5 Å².